The number of anilines is 1. The zero-order valence-corrected chi connectivity index (χ0v) is 11.6. The minimum absolute atomic E-state index is 0.269. The summed E-state index contributed by atoms with van der Waals surface area (Å²) in [6, 6.07) is 2.01. The van der Waals surface area contributed by atoms with Crippen LogP contribution in [-0.2, 0) is 0 Å². The molecule has 6 heteroatoms. The van der Waals surface area contributed by atoms with Gasteiger partial charge in [0.25, 0.3) is 0 Å². The van der Waals surface area contributed by atoms with Crippen LogP contribution in [0, 0.1) is 0 Å². The quantitative estimate of drug-likeness (QED) is 0.818. The van der Waals surface area contributed by atoms with E-state index >= 15 is 0 Å². The third kappa shape index (κ3) is 2.18. The van der Waals surface area contributed by atoms with E-state index in [1.54, 1.807) is 11.3 Å². The van der Waals surface area contributed by atoms with Gasteiger partial charge in [-0.25, -0.2) is 4.98 Å². The third-order valence-electron chi connectivity index (χ3n) is 3.25. The van der Waals surface area contributed by atoms with Gasteiger partial charge in [-0.15, -0.1) is 11.3 Å². The first kappa shape index (κ1) is 12.1. The van der Waals surface area contributed by atoms with Crippen molar-refractivity contribution in [3.8, 4) is 0 Å². The van der Waals surface area contributed by atoms with Crippen molar-refractivity contribution >= 4 is 39.0 Å². The number of β-amino-alcohol motifs (C(OH)–C–C–N with tert-alkyl or cyclic N) is 1. The molecule has 1 fully saturated rings. The van der Waals surface area contributed by atoms with Gasteiger partial charge in [0.2, 0.25) is 5.28 Å². The largest absolute Gasteiger partial charge is 0.388 e. The van der Waals surface area contributed by atoms with Gasteiger partial charge >= 0.3 is 0 Å². The Balaban J connectivity index is 2.05. The van der Waals surface area contributed by atoms with Crippen LogP contribution in [-0.4, -0.2) is 33.8 Å². The molecule has 0 spiro atoms. The molecule has 96 valence electrons. The second-order valence-electron chi connectivity index (χ2n) is 4.98. The maximum absolute atomic E-state index is 10.2. The first-order valence-corrected chi connectivity index (χ1v) is 7.19. The van der Waals surface area contributed by atoms with Gasteiger partial charge in [0.15, 0.2) is 0 Å². The number of aliphatic hydroxyl groups is 1. The molecule has 18 heavy (non-hydrogen) atoms. The van der Waals surface area contributed by atoms with E-state index in [-0.39, 0.29) is 5.28 Å². The van der Waals surface area contributed by atoms with Crippen LogP contribution in [0.3, 0.4) is 0 Å². The van der Waals surface area contributed by atoms with E-state index in [1.807, 2.05) is 18.4 Å². The van der Waals surface area contributed by atoms with Gasteiger partial charge in [-0.3, -0.25) is 0 Å². The third-order valence-corrected chi connectivity index (χ3v) is 4.23. The molecule has 1 aliphatic heterocycles. The molecule has 0 saturated carbocycles. The number of nitrogens with zero attached hydrogens (tertiary/aromatic N) is 3. The van der Waals surface area contributed by atoms with Gasteiger partial charge in [-0.2, -0.15) is 4.98 Å². The number of thiophene rings is 1. The molecule has 3 rings (SSSR count). The van der Waals surface area contributed by atoms with Crippen LogP contribution in [0.15, 0.2) is 11.4 Å². The first-order valence-electron chi connectivity index (χ1n) is 5.93. The molecule has 0 bridgehead atoms. The van der Waals surface area contributed by atoms with Gasteiger partial charge in [-0.1, -0.05) is 0 Å². The van der Waals surface area contributed by atoms with Crippen molar-refractivity contribution in [2.24, 2.45) is 0 Å². The van der Waals surface area contributed by atoms with E-state index in [1.165, 1.54) is 0 Å². The highest BCUT2D eigenvalue weighted by Crippen LogP contribution is 2.32. The van der Waals surface area contributed by atoms with Crippen molar-refractivity contribution in [1.82, 2.24) is 9.97 Å². The topological polar surface area (TPSA) is 49.2 Å². The molecule has 1 unspecified atom stereocenters. The smallest absolute Gasteiger partial charge is 0.225 e. The lowest BCUT2D eigenvalue weighted by molar-refractivity contribution is 0.0448. The van der Waals surface area contributed by atoms with Crippen LogP contribution in [0.1, 0.15) is 19.8 Å². The van der Waals surface area contributed by atoms with E-state index in [9.17, 15) is 5.11 Å². The zero-order valence-electron chi connectivity index (χ0n) is 10.1. The summed E-state index contributed by atoms with van der Waals surface area (Å²) in [5.74, 6) is 0.839. The second-order valence-corrected chi connectivity index (χ2v) is 6.21. The Morgan fingerprint density at radius 2 is 2.33 bits per heavy atom. The van der Waals surface area contributed by atoms with Crippen LogP contribution >= 0.6 is 22.9 Å². The molecular weight excluding hydrogens is 270 g/mol. The minimum Gasteiger partial charge on any atom is -0.388 e. The molecule has 1 aliphatic rings. The highest BCUT2D eigenvalue weighted by atomic mass is 35.5. The number of fused-ring (bicyclic) bond motifs is 1. The predicted molar refractivity (Wildman–Crippen MR) is 74.5 cm³/mol. The molecule has 1 N–H and O–H groups in total. The van der Waals surface area contributed by atoms with Crippen LogP contribution in [0.4, 0.5) is 5.82 Å². The fourth-order valence-electron chi connectivity index (χ4n) is 2.46. The number of hydrogen-bond acceptors (Lipinski definition) is 5. The molecule has 3 heterocycles. The lowest BCUT2D eigenvalue weighted by Gasteiger charge is -2.37. The van der Waals surface area contributed by atoms with Crippen molar-refractivity contribution in [3.63, 3.8) is 0 Å². The average molecular weight is 284 g/mol. The zero-order chi connectivity index (χ0) is 12.8. The van der Waals surface area contributed by atoms with Crippen molar-refractivity contribution in [2.45, 2.75) is 25.4 Å². The van der Waals surface area contributed by atoms with Gasteiger partial charge in [0, 0.05) is 13.1 Å². The number of piperidine rings is 1. The molecule has 4 nitrogen and oxygen atoms in total. The lowest BCUT2D eigenvalue weighted by Crippen LogP contribution is -2.46. The Labute approximate surface area is 114 Å². The van der Waals surface area contributed by atoms with Gasteiger partial charge in [0.05, 0.1) is 11.0 Å². The Hall–Kier alpha value is -0.910. The Morgan fingerprint density at radius 1 is 1.50 bits per heavy atom. The first-order chi connectivity index (χ1) is 8.55. The molecule has 2 aromatic rings. The SMILES string of the molecule is CC1(O)CCCN(c2nc(Cl)nc3sccc23)C1. The summed E-state index contributed by atoms with van der Waals surface area (Å²) in [7, 11) is 0. The van der Waals surface area contributed by atoms with Crippen molar-refractivity contribution in [2.75, 3.05) is 18.0 Å². The molecule has 0 aliphatic carbocycles. The van der Waals surface area contributed by atoms with Crippen LogP contribution in [0.2, 0.25) is 5.28 Å². The highest BCUT2D eigenvalue weighted by molar-refractivity contribution is 7.16. The van der Waals surface area contributed by atoms with Crippen LogP contribution in [0.25, 0.3) is 10.2 Å². The molecule has 1 saturated heterocycles. The fraction of sp³-hybridized carbons (Fsp3) is 0.500. The summed E-state index contributed by atoms with van der Waals surface area (Å²) in [5, 5.41) is 13.5. The summed E-state index contributed by atoms with van der Waals surface area (Å²) in [4.78, 5) is 11.6. The van der Waals surface area contributed by atoms with E-state index in [2.05, 4.69) is 14.9 Å². The van der Waals surface area contributed by atoms with Crippen molar-refractivity contribution < 1.29 is 5.11 Å². The van der Waals surface area contributed by atoms with Crippen LogP contribution < -0.4 is 4.90 Å². The predicted octanol–water partition coefficient (Wildman–Crippen LogP) is 2.70. The summed E-state index contributed by atoms with van der Waals surface area (Å²) in [5.41, 5.74) is -0.655. The second kappa shape index (κ2) is 4.33. The number of aromatic nitrogens is 2. The van der Waals surface area contributed by atoms with Gasteiger partial charge in [-0.05, 0) is 42.8 Å². The molecule has 0 radical (unpaired) electrons. The maximum atomic E-state index is 10.2. The molecule has 1 atom stereocenters. The Kier molecular flexibility index (Phi) is 2.92. The monoisotopic (exact) mass is 283 g/mol. The van der Waals surface area contributed by atoms with E-state index < -0.39 is 5.60 Å². The highest BCUT2D eigenvalue weighted by Gasteiger charge is 2.30. The van der Waals surface area contributed by atoms with E-state index in [0.717, 1.165) is 35.4 Å². The summed E-state index contributed by atoms with van der Waals surface area (Å²) in [6.45, 7) is 3.35. The fourth-order valence-corrected chi connectivity index (χ4v) is 3.43. The maximum Gasteiger partial charge on any atom is 0.225 e. The van der Waals surface area contributed by atoms with Gasteiger partial charge < -0.3 is 10.0 Å². The summed E-state index contributed by atoms with van der Waals surface area (Å²) >= 11 is 7.52. The Morgan fingerprint density at radius 3 is 3.11 bits per heavy atom. The number of halogens is 1. The van der Waals surface area contributed by atoms with E-state index in [4.69, 9.17) is 11.6 Å². The Bertz CT molecular complexity index is 584. The number of rotatable bonds is 1. The molecular formula is C12H14ClN3OS. The summed E-state index contributed by atoms with van der Waals surface area (Å²) < 4.78 is 0. The standard InChI is InChI=1S/C12H14ClN3OS/c1-12(17)4-2-5-16(7-12)9-8-3-6-18-10(8)15-11(13)14-9/h3,6,17H,2,4-5,7H2,1H3. The normalized spacial score (nSPS) is 24.7. The average Bonchev–Trinajstić information content (AvgIpc) is 2.74. The van der Waals surface area contributed by atoms with Crippen LogP contribution in [0.5, 0.6) is 0 Å². The van der Waals surface area contributed by atoms with E-state index in [0.29, 0.717) is 6.54 Å². The number of hydrogen-bond donors (Lipinski definition) is 1. The van der Waals surface area contributed by atoms with Crippen molar-refractivity contribution in [1.29, 1.82) is 0 Å². The molecule has 2 aromatic heterocycles. The minimum atomic E-state index is -0.655. The molecule has 0 aromatic carbocycles. The summed E-state index contributed by atoms with van der Waals surface area (Å²) in [6.07, 6.45) is 1.79. The van der Waals surface area contributed by atoms with Gasteiger partial charge in [0.1, 0.15) is 10.6 Å². The lowest BCUT2D eigenvalue weighted by atomic mass is 9.95. The molecule has 0 amide bonds. The van der Waals surface area contributed by atoms with Crippen molar-refractivity contribution in [3.05, 3.63) is 16.7 Å².